The minimum Gasteiger partial charge on any atom is -0.493 e. The highest BCUT2D eigenvalue weighted by atomic mass is 32.1. The lowest BCUT2D eigenvalue weighted by Crippen LogP contribution is -2.30. The quantitative estimate of drug-likeness (QED) is 0.902. The van der Waals surface area contributed by atoms with Crippen molar-refractivity contribution in [3.63, 3.8) is 0 Å². The number of hydrogen-bond acceptors (Lipinski definition) is 3. The van der Waals surface area contributed by atoms with Crippen molar-refractivity contribution in [3.8, 4) is 5.75 Å². The molecule has 0 bridgehead atoms. The average molecular weight is 287 g/mol. The van der Waals surface area contributed by atoms with Crippen molar-refractivity contribution in [2.45, 2.75) is 31.2 Å². The van der Waals surface area contributed by atoms with Gasteiger partial charge < -0.3 is 10.1 Å². The van der Waals surface area contributed by atoms with E-state index >= 15 is 0 Å². The second-order valence-electron chi connectivity index (χ2n) is 5.38. The Hall–Kier alpha value is -1.32. The Balaban J connectivity index is 1.70. The molecule has 0 amide bonds. The summed E-state index contributed by atoms with van der Waals surface area (Å²) in [6.07, 6.45) is 3.42. The van der Waals surface area contributed by atoms with Gasteiger partial charge in [0, 0.05) is 10.9 Å². The van der Waals surface area contributed by atoms with E-state index in [0.717, 1.165) is 25.2 Å². The third-order valence-electron chi connectivity index (χ3n) is 4.09. The van der Waals surface area contributed by atoms with Gasteiger partial charge in [-0.15, -0.1) is 11.3 Å². The molecule has 1 N–H and O–H groups in total. The highest BCUT2D eigenvalue weighted by Gasteiger charge is 2.24. The summed E-state index contributed by atoms with van der Waals surface area (Å²) in [5.41, 5.74) is 1.38. The topological polar surface area (TPSA) is 21.3 Å². The van der Waals surface area contributed by atoms with Gasteiger partial charge in [0.15, 0.2) is 0 Å². The second-order valence-corrected chi connectivity index (χ2v) is 6.41. The molecular formula is C17H21NOS. The van der Waals surface area contributed by atoms with Gasteiger partial charge in [0.25, 0.3) is 0 Å². The van der Waals surface area contributed by atoms with Gasteiger partial charge >= 0.3 is 0 Å². The van der Waals surface area contributed by atoms with Crippen molar-refractivity contribution in [3.05, 3.63) is 52.2 Å². The third-order valence-corrected chi connectivity index (χ3v) is 4.99. The average Bonchev–Trinajstić information content (AvgIpc) is 3.00. The van der Waals surface area contributed by atoms with E-state index in [-0.39, 0.29) is 0 Å². The molecule has 1 aliphatic heterocycles. The molecule has 0 saturated carbocycles. The highest BCUT2D eigenvalue weighted by Crippen LogP contribution is 2.36. The molecule has 1 aliphatic rings. The molecule has 2 heterocycles. The normalized spacial score (nSPS) is 19.1. The zero-order valence-electron chi connectivity index (χ0n) is 11.8. The lowest BCUT2D eigenvalue weighted by molar-refractivity contribution is 0.256. The Morgan fingerprint density at radius 3 is 3.00 bits per heavy atom. The Morgan fingerprint density at radius 1 is 1.30 bits per heavy atom. The molecule has 0 saturated heterocycles. The van der Waals surface area contributed by atoms with E-state index in [2.05, 4.69) is 54.1 Å². The summed E-state index contributed by atoms with van der Waals surface area (Å²) in [4.78, 5) is 1.46. The van der Waals surface area contributed by atoms with Crippen LogP contribution >= 0.6 is 11.3 Å². The zero-order chi connectivity index (χ0) is 13.8. The van der Waals surface area contributed by atoms with Crippen molar-refractivity contribution >= 4 is 11.3 Å². The van der Waals surface area contributed by atoms with Crippen LogP contribution in [0.15, 0.2) is 41.8 Å². The van der Waals surface area contributed by atoms with Gasteiger partial charge in [-0.1, -0.05) is 24.3 Å². The largest absolute Gasteiger partial charge is 0.493 e. The van der Waals surface area contributed by atoms with Crippen LogP contribution in [0.2, 0.25) is 0 Å². The molecule has 1 aromatic carbocycles. The molecule has 3 heteroatoms. The van der Waals surface area contributed by atoms with E-state index in [4.69, 9.17) is 4.74 Å². The van der Waals surface area contributed by atoms with Gasteiger partial charge in [-0.3, -0.25) is 0 Å². The van der Waals surface area contributed by atoms with Crippen molar-refractivity contribution in [1.82, 2.24) is 5.32 Å². The smallest absolute Gasteiger partial charge is 0.122 e. The number of para-hydroxylation sites is 1. The number of rotatable bonds is 5. The van der Waals surface area contributed by atoms with E-state index in [1.807, 2.05) is 11.3 Å². The minimum atomic E-state index is 0.532. The van der Waals surface area contributed by atoms with Gasteiger partial charge in [0.05, 0.1) is 6.61 Å². The molecule has 2 unspecified atom stereocenters. The number of ether oxygens (including phenoxy) is 1. The van der Waals surface area contributed by atoms with Crippen molar-refractivity contribution < 1.29 is 4.74 Å². The van der Waals surface area contributed by atoms with Crippen LogP contribution in [0.5, 0.6) is 5.75 Å². The summed E-state index contributed by atoms with van der Waals surface area (Å²) in [6, 6.07) is 13.4. The maximum absolute atomic E-state index is 5.76. The predicted octanol–water partition coefficient (Wildman–Crippen LogP) is 3.84. The van der Waals surface area contributed by atoms with Crippen LogP contribution < -0.4 is 10.1 Å². The molecule has 3 rings (SSSR count). The number of benzene rings is 1. The summed E-state index contributed by atoms with van der Waals surface area (Å²) in [5, 5.41) is 5.64. The van der Waals surface area contributed by atoms with Crippen molar-refractivity contribution in [2.24, 2.45) is 0 Å². The number of likely N-dealkylation sites (N-methyl/N-ethyl adjacent to an activating group) is 1. The molecule has 106 valence electrons. The van der Waals surface area contributed by atoms with Crippen LogP contribution in [0.25, 0.3) is 0 Å². The van der Waals surface area contributed by atoms with Gasteiger partial charge in [-0.2, -0.15) is 0 Å². The summed E-state index contributed by atoms with van der Waals surface area (Å²) in [7, 11) is 2.07. The van der Waals surface area contributed by atoms with Gasteiger partial charge in [-0.25, -0.2) is 0 Å². The number of fused-ring (bicyclic) bond motifs is 1. The maximum atomic E-state index is 5.76. The highest BCUT2D eigenvalue weighted by molar-refractivity contribution is 7.09. The molecule has 0 fully saturated rings. The molecule has 0 aliphatic carbocycles. The first kappa shape index (κ1) is 13.7. The fourth-order valence-electron chi connectivity index (χ4n) is 2.98. The molecular weight excluding hydrogens is 266 g/mol. The Labute approximate surface area is 124 Å². The lowest BCUT2D eigenvalue weighted by atomic mass is 9.86. The molecule has 0 spiro atoms. The minimum absolute atomic E-state index is 0.532. The second kappa shape index (κ2) is 6.42. The maximum Gasteiger partial charge on any atom is 0.122 e. The van der Waals surface area contributed by atoms with Crippen LogP contribution in [0.3, 0.4) is 0 Å². The fourth-order valence-corrected chi connectivity index (χ4v) is 3.77. The lowest BCUT2D eigenvalue weighted by Gasteiger charge is -2.29. The van der Waals surface area contributed by atoms with Crippen molar-refractivity contribution in [2.75, 3.05) is 13.7 Å². The van der Waals surface area contributed by atoms with Crippen LogP contribution in [-0.2, 0) is 6.42 Å². The first-order valence-electron chi connectivity index (χ1n) is 7.28. The monoisotopic (exact) mass is 287 g/mol. The first-order valence-corrected chi connectivity index (χ1v) is 8.16. The Bertz CT molecular complexity index is 538. The van der Waals surface area contributed by atoms with E-state index in [9.17, 15) is 0 Å². The molecule has 2 nitrogen and oxygen atoms in total. The summed E-state index contributed by atoms with van der Waals surface area (Å²) < 4.78 is 5.76. The number of thiophene rings is 1. The van der Waals surface area contributed by atoms with Gasteiger partial charge in [0.1, 0.15) is 5.75 Å². The van der Waals surface area contributed by atoms with E-state index < -0.39 is 0 Å². The Morgan fingerprint density at radius 2 is 2.20 bits per heavy atom. The van der Waals surface area contributed by atoms with E-state index in [1.54, 1.807) is 0 Å². The van der Waals surface area contributed by atoms with E-state index in [1.165, 1.54) is 16.9 Å². The standard InChI is InChI=1S/C17H21NOS/c1-18-14(12-15-5-4-10-20-15)11-13-8-9-19-17-7-3-2-6-16(13)17/h2-7,10,13-14,18H,8-9,11-12H2,1H3. The summed E-state index contributed by atoms with van der Waals surface area (Å²) in [5.74, 6) is 1.69. The van der Waals surface area contributed by atoms with Crippen molar-refractivity contribution in [1.29, 1.82) is 0 Å². The molecule has 2 atom stereocenters. The van der Waals surface area contributed by atoms with Crippen LogP contribution in [0.4, 0.5) is 0 Å². The summed E-state index contributed by atoms with van der Waals surface area (Å²) >= 11 is 1.85. The fraction of sp³-hybridized carbons (Fsp3) is 0.412. The SMILES string of the molecule is CNC(Cc1cccs1)CC1CCOc2ccccc21. The molecule has 2 aromatic rings. The number of hydrogen-bond donors (Lipinski definition) is 1. The Kier molecular flexibility index (Phi) is 4.38. The molecule has 0 radical (unpaired) electrons. The number of nitrogens with one attached hydrogen (secondary N) is 1. The first-order chi connectivity index (χ1) is 9.86. The van der Waals surface area contributed by atoms with Gasteiger partial charge in [0.2, 0.25) is 0 Å². The van der Waals surface area contributed by atoms with E-state index in [0.29, 0.717) is 12.0 Å². The van der Waals surface area contributed by atoms with Crippen LogP contribution in [-0.4, -0.2) is 19.7 Å². The molecule has 1 aromatic heterocycles. The zero-order valence-corrected chi connectivity index (χ0v) is 12.7. The van der Waals surface area contributed by atoms with Crippen LogP contribution in [0, 0.1) is 0 Å². The molecule has 20 heavy (non-hydrogen) atoms. The van der Waals surface area contributed by atoms with Gasteiger partial charge in [-0.05, 0) is 55.3 Å². The summed E-state index contributed by atoms with van der Waals surface area (Å²) in [6.45, 7) is 0.844. The third kappa shape index (κ3) is 3.05. The van der Waals surface area contributed by atoms with Crippen LogP contribution in [0.1, 0.15) is 29.2 Å². The predicted molar refractivity (Wildman–Crippen MR) is 84.8 cm³/mol.